The largest absolute Gasteiger partial charge is 0.492 e. The van der Waals surface area contributed by atoms with Crippen molar-refractivity contribution < 1.29 is 14.0 Å². The number of hydrogen-bond acceptors (Lipinski definition) is 5. The molecule has 2 atom stereocenters. The summed E-state index contributed by atoms with van der Waals surface area (Å²) in [5.41, 5.74) is 11.1. The second-order valence-electron chi connectivity index (χ2n) is 9.29. The Kier molecular flexibility index (Phi) is 4.61. The second-order valence-corrected chi connectivity index (χ2v) is 9.29. The van der Waals surface area contributed by atoms with Crippen molar-refractivity contribution in [2.24, 2.45) is 5.92 Å². The molecule has 2 fully saturated rings. The highest BCUT2D eigenvalue weighted by molar-refractivity contribution is 5.85. The number of aromatic amines is 1. The summed E-state index contributed by atoms with van der Waals surface area (Å²) in [5, 5.41) is 0.997. The molecule has 0 radical (unpaired) electrons. The maximum absolute atomic E-state index is 6.66. The van der Waals surface area contributed by atoms with Gasteiger partial charge in [-0.15, -0.1) is 0 Å². The quantitative estimate of drug-likeness (QED) is 0.620. The third-order valence-electron chi connectivity index (χ3n) is 7.15. The molecule has 1 saturated heterocycles. The lowest BCUT2D eigenvalue weighted by atomic mass is 9.99. The summed E-state index contributed by atoms with van der Waals surface area (Å²) in [7, 11) is 1.79. The molecule has 2 aromatic heterocycles. The molecule has 162 valence electrons. The average molecular weight is 421 g/mol. The van der Waals surface area contributed by atoms with E-state index in [0.717, 1.165) is 61.0 Å². The molecule has 0 amide bonds. The third-order valence-corrected chi connectivity index (χ3v) is 7.15. The number of nitrogen functional groups attached to an aromatic ring is 1. The molecular formula is C24H30N5O2+. The Hall–Kier alpha value is -2.64. The number of benzene rings is 1. The molecule has 0 bridgehead atoms. The summed E-state index contributed by atoms with van der Waals surface area (Å²) in [6.45, 7) is 3.75. The van der Waals surface area contributed by atoms with Crippen molar-refractivity contribution in [2.75, 3.05) is 39.1 Å². The van der Waals surface area contributed by atoms with E-state index in [0.29, 0.717) is 17.9 Å². The Labute approximate surface area is 182 Å². The summed E-state index contributed by atoms with van der Waals surface area (Å²) in [6.07, 6.45) is 6.49. The Morgan fingerprint density at radius 1 is 1.32 bits per heavy atom. The standard InChI is InChI=1S/C24H29N5O2/c1-30-12-15-7-8-28(11-15)17-9-18-21(3-2-4-22(18)31-13-17)29-14-26-24-19(23(29)25)10-20(27-24)16-5-6-16/h2-4,10,14-17H,5-9,11-13H2,1H3,(H2,25,27)/p+1/t15-,17+/m0/s1. The van der Waals surface area contributed by atoms with Gasteiger partial charge < -0.3 is 20.2 Å². The summed E-state index contributed by atoms with van der Waals surface area (Å²) in [6, 6.07) is 8.79. The van der Waals surface area contributed by atoms with Crippen molar-refractivity contribution in [2.45, 2.75) is 37.6 Å². The first-order chi connectivity index (χ1) is 15.2. The minimum atomic E-state index is 0.378. The number of H-pyrrole nitrogens is 1. The Bertz CT molecular complexity index is 1120. The first-order valence-electron chi connectivity index (χ1n) is 11.4. The van der Waals surface area contributed by atoms with Crippen LogP contribution in [0.1, 0.15) is 36.4 Å². The predicted molar refractivity (Wildman–Crippen MR) is 119 cm³/mol. The molecule has 3 aromatic rings. The SMILES string of the molecule is COC[C@H]1CCN([C@H]2COc3cccc(-[n+]4cnc5[nH]c(C6CC6)cc5c4N)c3C2)C1. The van der Waals surface area contributed by atoms with Gasteiger partial charge in [0.15, 0.2) is 0 Å². The number of nitrogens with zero attached hydrogens (tertiary/aromatic N) is 3. The van der Waals surface area contributed by atoms with Crippen molar-refractivity contribution in [3.05, 3.63) is 41.9 Å². The van der Waals surface area contributed by atoms with Gasteiger partial charge in [0.25, 0.3) is 0 Å². The first-order valence-corrected chi connectivity index (χ1v) is 11.4. The van der Waals surface area contributed by atoms with Gasteiger partial charge in [-0.3, -0.25) is 4.90 Å². The molecule has 7 heteroatoms. The molecule has 0 spiro atoms. The van der Waals surface area contributed by atoms with Crippen LogP contribution in [0.15, 0.2) is 30.6 Å². The van der Waals surface area contributed by atoms with Gasteiger partial charge >= 0.3 is 0 Å². The molecule has 1 saturated carbocycles. The zero-order chi connectivity index (χ0) is 20.9. The van der Waals surface area contributed by atoms with Gasteiger partial charge in [0.05, 0.1) is 6.61 Å². The lowest BCUT2D eigenvalue weighted by Gasteiger charge is -2.33. The minimum absolute atomic E-state index is 0.378. The molecule has 3 aliphatic rings. The van der Waals surface area contributed by atoms with E-state index in [4.69, 9.17) is 15.2 Å². The summed E-state index contributed by atoms with van der Waals surface area (Å²) in [4.78, 5) is 10.7. The number of nitrogens with two attached hydrogens (primary N) is 1. The van der Waals surface area contributed by atoms with E-state index in [1.807, 2.05) is 17.0 Å². The highest BCUT2D eigenvalue weighted by Gasteiger charge is 2.33. The van der Waals surface area contributed by atoms with E-state index in [1.165, 1.54) is 30.5 Å². The van der Waals surface area contributed by atoms with Gasteiger partial charge in [0.1, 0.15) is 23.4 Å². The third kappa shape index (κ3) is 3.36. The van der Waals surface area contributed by atoms with Crippen LogP contribution in [0.2, 0.25) is 0 Å². The van der Waals surface area contributed by atoms with Crippen molar-refractivity contribution in [1.82, 2.24) is 14.9 Å². The lowest BCUT2D eigenvalue weighted by molar-refractivity contribution is -0.582. The van der Waals surface area contributed by atoms with Crippen LogP contribution >= 0.6 is 0 Å². The molecule has 7 nitrogen and oxygen atoms in total. The van der Waals surface area contributed by atoms with E-state index in [-0.39, 0.29) is 0 Å². The van der Waals surface area contributed by atoms with E-state index >= 15 is 0 Å². The fourth-order valence-corrected chi connectivity index (χ4v) is 5.28. The van der Waals surface area contributed by atoms with Crippen molar-refractivity contribution in [3.63, 3.8) is 0 Å². The number of likely N-dealkylation sites (tertiary alicyclic amines) is 1. The summed E-state index contributed by atoms with van der Waals surface area (Å²) in [5.74, 6) is 2.95. The van der Waals surface area contributed by atoms with E-state index in [1.54, 1.807) is 7.11 Å². The smallest absolute Gasteiger partial charge is 0.236 e. The number of aromatic nitrogens is 3. The van der Waals surface area contributed by atoms with Crippen molar-refractivity contribution in [1.29, 1.82) is 0 Å². The highest BCUT2D eigenvalue weighted by Crippen LogP contribution is 2.41. The van der Waals surface area contributed by atoms with E-state index in [2.05, 4.69) is 33.1 Å². The maximum atomic E-state index is 6.66. The summed E-state index contributed by atoms with van der Waals surface area (Å²) >= 11 is 0. The molecule has 4 heterocycles. The van der Waals surface area contributed by atoms with Crippen molar-refractivity contribution >= 4 is 16.9 Å². The molecule has 1 aromatic carbocycles. The average Bonchev–Trinajstić information content (AvgIpc) is 3.37. The molecule has 0 unspecified atom stereocenters. The number of anilines is 1. The number of rotatable bonds is 5. The van der Waals surface area contributed by atoms with Gasteiger partial charge in [-0.1, -0.05) is 11.1 Å². The minimum Gasteiger partial charge on any atom is -0.492 e. The maximum Gasteiger partial charge on any atom is 0.236 e. The second kappa shape index (κ2) is 7.50. The zero-order valence-corrected chi connectivity index (χ0v) is 18.0. The lowest BCUT2D eigenvalue weighted by Crippen LogP contribution is -2.44. The Morgan fingerprint density at radius 3 is 3.06 bits per heavy atom. The fraction of sp³-hybridized carbons (Fsp3) is 0.500. The molecule has 31 heavy (non-hydrogen) atoms. The van der Waals surface area contributed by atoms with Crippen molar-refractivity contribution in [3.8, 4) is 11.4 Å². The van der Waals surface area contributed by atoms with Crippen LogP contribution in [-0.2, 0) is 11.2 Å². The van der Waals surface area contributed by atoms with Gasteiger partial charge in [0, 0.05) is 31.0 Å². The number of nitrogens with one attached hydrogen (secondary N) is 1. The van der Waals surface area contributed by atoms with E-state index < -0.39 is 0 Å². The molecule has 3 N–H and O–H groups in total. The Balaban J connectivity index is 1.33. The number of ether oxygens (including phenoxy) is 2. The van der Waals surface area contributed by atoms with E-state index in [9.17, 15) is 0 Å². The van der Waals surface area contributed by atoms with Crippen LogP contribution in [-0.4, -0.2) is 54.3 Å². The van der Waals surface area contributed by atoms with Crippen LogP contribution in [0, 0.1) is 5.92 Å². The highest BCUT2D eigenvalue weighted by atomic mass is 16.5. The van der Waals surface area contributed by atoms with Gasteiger partial charge in [0.2, 0.25) is 17.8 Å². The van der Waals surface area contributed by atoms with Gasteiger partial charge in [-0.05, 0) is 62.3 Å². The van der Waals surface area contributed by atoms with Gasteiger partial charge in [-0.2, -0.15) is 0 Å². The normalized spacial score (nSPS) is 23.8. The topological polar surface area (TPSA) is 80.3 Å². The zero-order valence-electron chi connectivity index (χ0n) is 18.0. The van der Waals surface area contributed by atoms with Gasteiger partial charge in [-0.25, -0.2) is 4.57 Å². The van der Waals surface area contributed by atoms with Crippen LogP contribution in [0.5, 0.6) is 5.75 Å². The number of hydrogen-bond donors (Lipinski definition) is 2. The molecule has 6 rings (SSSR count). The van der Waals surface area contributed by atoms with Crippen LogP contribution < -0.4 is 15.0 Å². The van der Waals surface area contributed by atoms with Crippen LogP contribution in [0.25, 0.3) is 16.7 Å². The number of methoxy groups -OCH3 is 1. The molecular weight excluding hydrogens is 390 g/mol. The predicted octanol–water partition coefficient (Wildman–Crippen LogP) is 2.57. The fourth-order valence-electron chi connectivity index (χ4n) is 5.28. The van der Waals surface area contributed by atoms with Crippen LogP contribution in [0.4, 0.5) is 5.82 Å². The monoisotopic (exact) mass is 420 g/mol. The Morgan fingerprint density at radius 2 is 2.23 bits per heavy atom. The van der Waals surface area contributed by atoms with Crippen LogP contribution in [0.3, 0.4) is 0 Å². The molecule has 2 aliphatic heterocycles. The number of fused-ring (bicyclic) bond motifs is 2. The summed E-state index contributed by atoms with van der Waals surface area (Å²) < 4.78 is 13.6. The molecule has 1 aliphatic carbocycles. The first kappa shape index (κ1) is 19.1.